The average molecular weight is 921 g/mol. The fourth-order valence-electron chi connectivity index (χ4n) is 6.00. The van der Waals surface area contributed by atoms with Crippen molar-refractivity contribution in [2.75, 3.05) is 0 Å². The first kappa shape index (κ1) is 43.6. The van der Waals surface area contributed by atoms with Crippen LogP contribution in [0.15, 0.2) is 136 Å². The first-order valence-electron chi connectivity index (χ1n) is 18.7. The Balaban J connectivity index is 1.77. The molecule has 5 aromatic rings. The number of halogens is 2. The predicted octanol–water partition coefficient (Wildman–Crippen LogP) is 17.3. The lowest BCUT2D eigenvalue weighted by Crippen LogP contribution is -2.10. The highest BCUT2D eigenvalue weighted by molar-refractivity contribution is 9.09. The van der Waals surface area contributed by atoms with Crippen LogP contribution in [0.1, 0.15) is 116 Å². The first-order valence-corrected chi connectivity index (χ1v) is 24.2. The highest BCUT2D eigenvalue weighted by Crippen LogP contribution is 2.55. The molecular formula is C48H56Br2S4. The molecule has 0 unspecified atom stereocenters. The van der Waals surface area contributed by atoms with Gasteiger partial charge in [-0.05, 0) is 104 Å². The topological polar surface area (TPSA) is 0 Å². The third kappa shape index (κ3) is 10.9. The molecule has 0 saturated heterocycles. The highest BCUT2D eigenvalue weighted by Gasteiger charge is 2.27. The minimum Gasteiger partial charge on any atom is -0.0885 e. The van der Waals surface area contributed by atoms with Gasteiger partial charge in [0.25, 0.3) is 0 Å². The van der Waals surface area contributed by atoms with Crippen molar-refractivity contribution in [3.05, 3.63) is 130 Å². The summed E-state index contributed by atoms with van der Waals surface area (Å²) >= 11 is 15.6. The second-order valence-corrected chi connectivity index (χ2v) is 23.5. The van der Waals surface area contributed by atoms with Gasteiger partial charge in [-0.15, -0.1) is 0 Å². The zero-order valence-electron chi connectivity index (χ0n) is 34.0. The molecule has 0 atom stereocenters. The molecule has 0 saturated carbocycles. The third-order valence-corrected chi connectivity index (χ3v) is 15.6. The van der Waals surface area contributed by atoms with Gasteiger partial charge in [0.1, 0.15) is 0 Å². The van der Waals surface area contributed by atoms with Crippen molar-refractivity contribution in [1.29, 1.82) is 0 Å². The Morgan fingerprint density at radius 2 is 0.500 bits per heavy atom. The maximum atomic E-state index is 4.01. The van der Waals surface area contributed by atoms with Crippen molar-refractivity contribution < 1.29 is 0 Å². The summed E-state index contributed by atoms with van der Waals surface area (Å²) in [7, 11) is 0. The van der Waals surface area contributed by atoms with Crippen LogP contribution in [0.25, 0.3) is 0 Å². The summed E-state index contributed by atoms with van der Waals surface area (Å²) in [6.07, 6.45) is 0. The van der Waals surface area contributed by atoms with E-state index in [1.807, 2.05) is 47.0 Å². The molecule has 0 aliphatic heterocycles. The Hall–Kier alpha value is -1.54. The van der Waals surface area contributed by atoms with Crippen molar-refractivity contribution in [1.82, 2.24) is 0 Å². The van der Waals surface area contributed by atoms with E-state index in [2.05, 4.69) is 212 Å². The number of rotatable bonds is 10. The van der Waals surface area contributed by atoms with E-state index in [9.17, 15) is 0 Å². The lowest BCUT2D eigenvalue weighted by molar-refractivity contribution is 0.589. The maximum Gasteiger partial charge on any atom is 0.0416 e. The molecule has 0 amide bonds. The van der Waals surface area contributed by atoms with Crippen LogP contribution in [-0.2, 0) is 32.3 Å². The summed E-state index contributed by atoms with van der Waals surface area (Å²) in [6.45, 7) is 27.4. The number of alkyl halides is 2. The molecule has 0 aromatic heterocycles. The molecule has 286 valence electrons. The van der Waals surface area contributed by atoms with Gasteiger partial charge in [-0.1, -0.05) is 211 Å². The lowest BCUT2D eigenvalue weighted by Gasteiger charge is -2.26. The van der Waals surface area contributed by atoms with Gasteiger partial charge >= 0.3 is 0 Å². The molecule has 0 N–H and O–H groups in total. The summed E-state index contributed by atoms with van der Waals surface area (Å²) in [5, 5.41) is 1.52. The molecule has 0 aliphatic carbocycles. The van der Waals surface area contributed by atoms with Gasteiger partial charge in [0.05, 0.1) is 0 Å². The molecule has 0 spiro atoms. The van der Waals surface area contributed by atoms with E-state index < -0.39 is 0 Å². The zero-order chi connectivity index (χ0) is 39.6. The predicted molar refractivity (Wildman–Crippen MR) is 249 cm³/mol. The van der Waals surface area contributed by atoms with Crippen LogP contribution in [-0.4, -0.2) is 0 Å². The van der Waals surface area contributed by atoms with Gasteiger partial charge < -0.3 is 0 Å². The normalized spacial score (nSPS) is 12.7. The van der Waals surface area contributed by atoms with E-state index in [0.717, 1.165) is 10.7 Å². The second kappa shape index (κ2) is 17.5. The van der Waals surface area contributed by atoms with E-state index in [1.165, 1.54) is 72.5 Å². The molecular weight excluding hydrogens is 865 g/mol. The standard InChI is InChI=1S/C48H56Br2S4/c1-45(2,3)31-13-21-35(22-14-31)51-41-39(29-49)40(30-50)42(52-36-23-15-32(16-24-36)46(4,5)6)44(54-38-27-19-34(20-28-38)48(10,11)12)43(41)53-37-25-17-33(18-26-37)47(7,8)9/h13-28H,29-30H2,1-12H3. The van der Waals surface area contributed by atoms with Gasteiger partial charge in [0, 0.05) is 49.8 Å². The van der Waals surface area contributed by atoms with E-state index in [4.69, 9.17) is 0 Å². The molecule has 0 radical (unpaired) electrons. The van der Waals surface area contributed by atoms with Crippen LogP contribution in [0.2, 0.25) is 0 Å². The molecule has 5 rings (SSSR count). The Morgan fingerprint density at radius 3 is 0.667 bits per heavy atom. The lowest BCUT2D eigenvalue weighted by atomic mass is 9.87. The third-order valence-electron chi connectivity index (χ3n) is 9.56. The SMILES string of the molecule is CC(C)(C)c1ccc(Sc2c(CBr)c(CBr)c(Sc3ccc(C(C)(C)C)cc3)c(Sc3ccc(C(C)(C)C)cc3)c2Sc2ccc(C(C)(C)C)cc2)cc1. The van der Waals surface area contributed by atoms with Gasteiger partial charge in [-0.2, -0.15) is 0 Å². The summed E-state index contributed by atoms with van der Waals surface area (Å²) in [6, 6.07) is 36.9. The van der Waals surface area contributed by atoms with Crippen LogP contribution in [0.3, 0.4) is 0 Å². The minimum atomic E-state index is 0.0939. The van der Waals surface area contributed by atoms with E-state index in [0.29, 0.717) is 0 Å². The smallest absolute Gasteiger partial charge is 0.0416 e. The Kier molecular flexibility index (Phi) is 14.1. The molecule has 5 aromatic carbocycles. The van der Waals surface area contributed by atoms with Crippen molar-refractivity contribution in [2.45, 2.75) is 155 Å². The first-order chi connectivity index (χ1) is 25.2. The van der Waals surface area contributed by atoms with E-state index in [-0.39, 0.29) is 21.7 Å². The van der Waals surface area contributed by atoms with Crippen LogP contribution in [0, 0.1) is 0 Å². The van der Waals surface area contributed by atoms with Gasteiger partial charge in [-0.3, -0.25) is 0 Å². The monoisotopic (exact) mass is 918 g/mol. The van der Waals surface area contributed by atoms with Crippen LogP contribution < -0.4 is 0 Å². The largest absolute Gasteiger partial charge is 0.0885 e. The van der Waals surface area contributed by atoms with Crippen molar-refractivity contribution >= 4 is 78.9 Å². The van der Waals surface area contributed by atoms with Gasteiger partial charge in [-0.25, -0.2) is 0 Å². The van der Waals surface area contributed by atoms with Gasteiger partial charge in [0.2, 0.25) is 0 Å². The average Bonchev–Trinajstić information content (AvgIpc) is 3.09. The minimum absolute atomic E-state index is 0.0939. The second-order valence-electron chi connectivity index (χ2n) is 18.0. The number of benzene rings is 5. The Bertz CT molecular complexity index is 1870. The summed E-state index contributed by atoms with van der Waals surface area (Å²) in [5.74, 6) is 0. The zero-order valence-corrected chi connectivity index (χ0v) is 40.5. The summed E-state index contributed by atoms with van der Waals surface area (Å²) < 4.78 is 0. The van der Waals surface area contributed by atoms with Crippen molar-refractivity contribution in [2.24, 2.45) is 0 Å². The molecule has 54 heavy (non-hydrogen) atoms. The quantitative estimate of drug-likeness (QED) is 0.128. The molecule has 0 aliphatic rings. The summed E-state index contributed by atoms with van der Waals surface area (Å²) in [5.41, 5.74) is 8.46. The fourth-order valence-corrected chi connectivity index (χ4v) is 12.4. The van der Waals surface area contributed by atoms with Crippen LogP contribution in [0.5, 0.6) is 0 Å². The maximum absolute atomic E-state index is 4.01. The fraction of sp³-hybridized carbons (Fsp3) is 0.375. The van der Waals surface area contributed by atoms with Crippen LogP contribution in [0.4, 0.5) is 0 Å². The van der Waals surface area contributed by atoms with E-state index >= 15 is 0 Å². The molecule has 0 bridgehead atoms. The number of hydrogen-bond donors (Lipinski definition) is 0. The molecule has 0 nitrogen and oxygen atoms in total. The Morgan fingerprint density at radius 1 is 0.315 bits per heavy atom. The Labute approximate surface area is 360 Å². The van der Waals surface area contributed by atoms with Gasteiger partial charge in [0.15, 0.2) is 0 Å². The summed E-state index contributed by atoms with van der Waals surface area (Å²) in [4.78, 5) is 10.2. The molecule has 0 heterocycles. The van der Waals surface area contributed by atoms with Crippen molar-refractivity contribution in [3.63, 3.8) is 0 Å². The highest BCUT2D eigenvalue weighted by atomic mass is 79.9. The van der Waals surface area contributed by atoms with E-state index in [1.54, 1.807) is 0 Å². The van der Waals surface area contributed by atoms with Crippen molar-refractivity contribution in [3.8, 4) is 0 Å². The molecule has 0 fully saturated rings. The van der Waals surface area contributed by atoms with Crippen LogP contribution >= 0.6 is 78.9 Å². The molecule has 6 heteroatoms. The number of hydrogen-bond acceptors (Lipinski definition) is 4.